The van der Waals surface area contributed by atoms with E-state index >= 15 is 0 Å². The van der Waals surface area contributed by atoms with Gasteiger partial charge in [-0.05, 0) is 57.2 Å². The molecule has 8 heteroatoms. The lowest BCUT2D eigenvalue weighted by molar-refractivity contribution is -0.119. The summed E-state index contributed by atoms with van der Waals surface area (Å²) in [5.74, 6) is 0.158. The Bertz CT molecular complexity index is 1010. The van der Waals surface area contributed by atoms with Gasteiger partial charge in [-0.25, -0.2) is 9.36 Å². The molecule has 7 nitrogen and oxygen atoms in total. The molecular formula is C18H18BrN5O2. The van der Waals surface area contributed by atoms with Gasteiger partial charge in [-0.15, -0.1) is 5.10 Å². The monoisotopic (exact) mass is 415 g/mol. The third kappa shape index (κ3) is 3.75. The first-order valence-corrected chi connectivity index (χ1v) is 8.84. The van der Waals surface area contributed by atoms with Gasteiger partial charge >= 0.3 is 0 Å². The topological polar surface area (TPSA) is 81.8 Å². The van der Waals surface area contributed by atoms with E-state index in [1.807, 2.05) is 32.0 Å². The highest BCUT2D eigenvalue weighted by Crippen LogP contribution is 2.16. The van der Waals surface area contributed by atoms with E-state index < -0.39 is 6.04 Å². The molecule has 2 aromatic heterocycles. The maximum Gasteiger partial charge on any atom is 0.267 e. The Labute approximate surface area is 158 Å². The van der Waals surface area contributed by atoms with Gasteiger partial charge in [0, 0.05) is 21.9 Å². The zero-order valence-corrected chi connectivity index (χ0v) is 16.2. The second-order valence-corrected chi connectivity index (χ2v) is 6.90. The van der Waals surface area contributed by atoms with Crippen molar-refractivity contribution in [3.63, 3.8) is 0 Å². The third-order valence-corrected chi connectivity index (χ3v) is 4.42. The number of nitrogens with zero attached hydrogens (tertiary/aromatic N) is 4. The SMILES string of the molecule is Cc1cc(C)n(-c2ccc(=O)n(C(C)C(=O)Nc3ccc(Br)cc3)n2)n1. The van der Waals surface area contributed by atoms with Gasteiger partial charge < -0.3 is 5.32 Å². The molecule has 26 heavy (non-hydrogen) atoms. The van der Waals surface area contributed by atoms with Crippen LogP contribution in [0.25, 0.3) is 5.82 Å². The molecule has 1 N–H and O–H groups in total. The van der Waals surface area contributed by atoms with Crippen LogP contribution in [0.15, 0.2) is 51.7 Å². The molecule has 1 aromatic carbocycles. The summed E-state index contributed by atoms with van der Waals surface area (Å²) in [6.45, 7) is 5.42. The van der Waals surface area contributed by atoms with E-state index in [-0.39, 0.29) is 11.5 Å². The largest absolute Gasteiger partial charge is 0.324 e. The quantitative estimate of drug-likeness (QED) is 0.709. The van der Waals surface area contributed by atoms with Crippen molar-refractivity contribution >= 4 is 27.5 Å². The molecule has 3 rings (SSSR count). The molecule has 134 valence electrons. The Kier molecular flexibility index (Phi) is 5.03. The number of anilines is 1. The van der Waals surface area contributed by atoms with E-state index in [2.05, 4.69) is 31.4 Å². The zero-order valence-electron chi connectivity index (χ0n) is 14.6. The van der Waals surface area contributed by atoms with Gasteiger partial charge in [0.25, 0.3) is 5.56 Å². The van der Waals surface area contributed by atoms with Gasteiger partial charge in [0.15, 0.2) is 5.82 Å². The maximum atomic E-state index is 12.5. The summed E-state index contributed by atoms with van der Waals surface area (Å²) in [6.07, 6.45) is 0. The average molecular weight is 416 g/mol. The molecule has 3 aromatic rings. The van der Waals surface area contributed by atoms with Gasteiger partial charge in [-0.1, -0.05) is 15.9 Å². The van der Waals surface area contributed by atoms with E-state index in [0.717, 1.165) is 15.9 Å². The number of nitrogens with one attached hydrogen (secondary N) is 1. The molecule has 0 saturated heterocycles. The molecule has 1 amide bonds. The minimum Gasteiger partial charge on any atom is -0.324 e. The predicted octanol–water partition coefficient (Wildman–Crippen LogP) is 3.01. The number of aryl methyl sites for hydroxylation is 2. The summed E-state index contributed by atoms with van der Waals surface area (Å²) in [6, 6.07) is 11.3. The molecule has 1 atom stereocenters. The molecule has 1 unspecified atom stereocenters. The number of benzene rings is 1. The summed E-state index contributed by atoms with van der Waals surface area (Å²) >= 11 is 3.35. The summed E-state index contributed by atoms with van der Waals surface area (Å²) in [4.78, 5) is 24.7. The van der Waals surface area contributed by atoms with E-state index in [9.17, 15) is 9.59 Å². The van der Waals surface area contributed by atoms with E-state index in [0.29, 0.717) is 11.5 Å². The minimum absolute atomic E-state index is 0.326. The fraction of sp³-hybridized carbons (Fsp3) is 0.222. The number of halogens is 1. The van der Waals surface area contributed by atoms with Crippen LogP contribution >= 0.6 is 15.9 Å². The molecule has 0 radical (unpaired) electrons. The van der Waals surface area contributed by atoms with Gasteiger partial charge in [-0.3, -0.25) is 9.59 Å². The Hall–Kier alpha value is -2.74. The van der Waals surface area contributed by atoms with Gasteiger partial charge in [-0.2, -0.15) is 5.10 Å². The fourth-order valence-electron chi connectivity index (χ4n) is 2.56. The molecule has 0 aliphatic heterocycles. The van der Waals surface area contributed by atoms with Gasteiger partial charge in [0.1, 0.15) is 6.04 Å². The molecule has 0 saturated carbocycles. The average Bonchev–Trinajstić information content (AvgIpc) is 2.95. The number of hydrogen-bond acceptors (Lipinski definition) is 4. The molecule has 0 spiro atoms. The van der Waals surface area contributed by atoms with Crippen LogP contribution in [0.4, 0.5) is 5.69 Å². The molecule has 2 heterocycles. The Morgan fingerprint density at radius 2 is 1.81 bits per heavy atom. The van der Waals surface area contributed by atoms with Crippen molar-refractivity contribution in [2.24, 2.45) is 0 Å². The summed E-state index contributed by atoms with van der Waals surface area (Å²) in [5.41, 5.74) is 2.04. The molecule has 0 aliphatic rings. The highest BCUT2D eigenvalue weighted by Gasteiger charge is 2.19. The first-order valence-electron chi connectivity index (χ1n) is 8.05. The standard InChI is InChI=1S/C18H18BrN5O2/c1-11-10-12(2)23(21-11)16-8-9-17(25)24(22-16)13(3)18(26)20-15-6-4-14(19)5-7-15/h4-10,13H,1-3H3,(H,20,26). The highest BCUT2D eigenvalue weighted by atomic mass is 79.9. The van der Waals surface area contributed by atoms with E-state index in [1.54, 1.807) is 29.8 Å². The van der Waals surface area contributed by atoms with Crippen LogP contribution in [0.5, 0.6) is 0 Å². The number of carbonyl (C=O) groups is 1. The van der Waals surface area contributed by atoms with Crippen molar-refractivity contribution in [3.8, 4) is 5.82 Å². The van der Waals surface area contributed by atoms with E-state index in [1.165, 1.54) is 10.7 Å². The van der Waals surface area contributed by atoms with Crippen LogP contribution in [0.3, 0.4) is 0 Å². The van der Waals surface area contributed by atoms with Crippen molar-refractivity contribution in [1.29, 1.82) is 0 Å². The van der Waals surface area contributed by atoms with E-state index in [4.69, 9.17) is 0 Å². The van der Waals surface area contributed by atoms with Crippen molar-refractivity contribution < 1.29 is 4.79 Å². The molecular weight excluding hydrogens is 398 g/mol. The fourth-order valence-corrected chi connectivity index (χ4v) is 2.82. The molecule has 0 fully saturated rings. The first kappa shape index (κ1) is 18.1. The van der Waals surface area contributed by atoms with Crippen molar-refractivity contribution in [2.45, 2.75) is 26.8 Å². The Morgan fingerprint density at radius 3 is 2.42 bits per heavy atom. The van der Waals surface area contributed by atoms with Crippen LogP contribution in [0.1, 0.15) is 24.4 Å². The molecule has 0 aliphatic carbocycles. The third-order valence-electron chi connectivity index (χ3n) is 3.90. The smallest absolute Gasteiger partial charge is 0.267 e. The Morgan fingerprint density at radius 1 is 1.12 bits per heavy atom. The lowest BCUT2D eigenvalue weighted by Crippen LogP contribution is -2.33. The Balaban J connectivity index is 1.88. The van der Waals surface area contributed by atoms with Crippen LogP contribution in [0, 0.1) is 13.8 Å². The number of aromatic nitrogens is 4. The first-order chi connectivity index (χ1) is 12.3. The highest BCUT2D eigenvalue weighted by molar-refractivity contribution is 9.10. The van der Waals surface area contributed by atoms with Gasteiger partial charge in [0.2, 0.25) is 5.91 Å². The maximum absolute atomic E-state index is 12.5. The van der Waals surface area contributed by atoms with Crippen molar-refractivity contribution in [2.75, 3.05) is 5.32 Å². The lowest BCUT2D eigenvalue weighted by atomic mass is 10.2. The zero-order chi connectivity index (χ0) is 18.8. The minimum atomic E-state index is -0.775. The summed E-state index contributed by atoms with van der Waals surface area (Å²) in [7, 11) is 0. The predicted molar refractivity (Wildman–Crippen MR) is 103 cm³/mol. The number of amides is 1. The number of carbonyl (C=O) groups excluding carboxylic acids is 1. The lowest BCUT2D eigenvalue weighted by Gasteiger charge is -2.15. The summed E-state index contributed by atoms with van der Waals surface area (Å²) in [5, 5.41) is 11.5. The van der Waals surface area contributed by atoms with Crippen LogP contribution in [-0.4, -0.2) is 25.5 Å². The molecule has 0 bridgehead atoms. The summed E-state index contributed by atoms with van der Waals surface area (Å²) < 4.78 is 3.73. The second-order valence-electron chi connectivity index (χ2n) is 5.99. The van der Waals surface area contributed by atoms with Crippen LogP contribution < -0.4 is 10.9 Å². The second kappa shape index (κ2) is 7.25. The van der Waals surface area contributed by atoms with Crippen molar-refractivity contribution in [1.82, 2.24) is 19.6 Å². The van der Waals surface area contributed by atoms with Crippen molar-refractivity contribution in [3.05, 3.63) is 68.7 Å². The van der Waals surface area contributed by atoms with Gasteiger partial charge in [0.05, 0.1) is 5.69 Å². The number of hydrogen-bond donors (Lipinski definition) is 1. The van der Waals surface area contributed by atoms with Crippen LogP contribution in [-0.2, 0) is 4.79 Å². The normalized spacial score (nSPS) is 12.0. The van der Waals surface area contributed by atoms with Crippen LogP contribution in [0.2, 0.25) is 0 Å². The number of rotatable bonds is 4.